The van der Waals surface area contributed by atoms with E-state index in [1.807, 2.05) is 24.3 Å². The number of nitro benzene ring substituents is 1. The molecule has 2 aromatic carbocycles. The van der Waals surface area contributed by atoms with Crippen molar-refractivity contribution >= 4 is 21.4 Å². The zero-order chi connectivity index (χ0) is 20.0. The van der Waals surface area contributed by atoms with Crippen LogP contribution >= 0.6 is 0 Å². The average molecular weight is 391 g/mol. The maximum absolute atomic E-state index is 12.3. The number of aryl methyl sites for hydroxylation is 2. The molecule has 0 amide bonds. The molecule has 1 N–H and O–H groups in total. The quantitative estimate of drug-likeness (QED) is 0.422. The lowest BCUT2D eigenvalue weighted by Crippen LogP contribution is -2.20. The minimum absolute atomic E-state index is 0.202. The van der Waals surface area contributed by atoms with E-state index < -0.39 is 14.9 Å². The van der Waals surface area contributed by atoms with E-state index in [0.29, 0.717) is 24.1 Å². The molecule has 2 rings (SSSR count). The predicted octanol–water partition coefficient (Wildman–Crippen LogP) is 3.20. The number of nitrogens with zero attached hydrogens (tertiary/aromatic N) is 2. The second kappa shape index (κ2) is 8.63. The Morgan fingerprint density at radius 3 is 2.48 bits per heavy atom. The van der Waals surface area contributed by atoms with Crippen molar-refractivity contribution in [2.45, 2.75) is 31.6 Å². The van der Waals surface area contributed by atoms with Gasteiger partial charge in [-0.3, -0.25) is 10.1 Å². The van der Waals surface area contributed by atoms with Crippen molar-refractivity contribution in [3.8, 4) is 5.75 Å². The van der Waals surface area contributed by atoms with Gasteiger partial charge < -0.3 is 4.74 Å². The maximum atomic E-state index is 12.3. The highest BCUT2D eigenvalue weighted by atomic mass is 32.2. The van der Waals surface area contributed by atoms with Crippen molar-refractivity contribution < 1.29 is 18.1 Å². The summed E-state index contributed by atoms with van der Waals surface area (Å²) in [6.07, 6.45) is 1.25. The summed E-state index contributed by atoms with van der Waals surface area (Å²) in [4.78, 5) is 12.3. The maximum Gasteiger partial charge on any atom is 0.276 e. The third-order valence-corrected chi connectivity index (χ3v) is 5.18. The average Bonchev–Trinajstić information content (AvgIpc) is 2.65. The van der Waals surface area contributed by atoms with Gasteiger partial charge in [-0.1, -0.05) is 18.2 Å². The smallest absolute Gasteiger partial charge is 0.276 e. The summed E-state index contributed by atoms with van der Waals surface area (Å²) < 4.78 is 29.7. The second-order valence-corrected chi connectivity index (χ2v) is 7.66. The predicted molar refractivity (Wildman–Crippen MR) is 103 cm³/mol. The molecule has 0 heterocycles. The van der Waals surface area contributed by atoms with Crippen molar-refractivity contribution in [1.82, 2.24) is 4.83 Å². The van der Waals surface area contributed by atoms with Crippen LogP contribution in [0.3, 0.4) is 0 Å². The summed E-state index contributed by atoms with van der Waals surface area (Å²) in [7, 11) is -2.38. The first-order chi connectivity index (χ1) is 12.7. The number of ether oxygens (including phenoxy) is 1. The van der Waals surface area contributed by atoms with Gasteiger partial charge in [-0.15, -0.1) is 0 Å². The van der Waals surface area contributed by atoms with Gasteiger partial charge in [-0.25, -0.2) is 4.83 Å². The van der Waals surface area contributed by atoms with E-state index in [4.69, 9.17) is 4.74 Å². The molecule has 0 bridgehead atoms. The molecule has 9 heteroatoms. The van der Waals surface area contributed by atoms with Crippen LogP contribution in [0.4, 0.5) is 5.69 Å². The van der Waals surface area contributed by atoms with Crippen LogP contribution in [0.25, 0.3) is 0 Å². The number of sulfonamides is 1. The van der Waals surface area contributed by atoms with Gasteiger partial charge in [-0.05, 0) is 50.5 Å². The number of hydrogen-bond donors (Lipinski definition) is 1. The second-order valence-electron chi connectivity index (χ2n) is 6.00. The van der Waals surface area contributed by atoms with E-state index in [9.17, 15) is 18.5 Å². The summed E-state index contributed by atoms with van der Waals surface area (Å²) in [5, 5.41) is 14.9. The van der Waals surface area contributed by atoms with Crippen LogP contribution in [-0.2, 0) is 16.4 Å². The zero-order valence-corrected chi connectivity index (χ0v) is 16.1. The van der Waals surface area contributed by atoms with E-state index >= 15 is 0 Å². The lowest BCUT2D eigenvalue weighted by atomic mass is 10.1. The number of methoxy groups -OCH3 is 1. The Hall–Kier alpha value is -2.94. The summed E-state index contributed by atoms with van der Waals surface area (Å²) in [5.74, 6) is 0.768. The number of hydrazone groups is 1. The molecular weight excluding hydrogens is 370 g/mol. The fraction of sp³-hybridized carbons (Fsp3) is 0.278. The topological polar surface area (TPSA) is 111 Å². The highest BCUT2D eigenvalue weighted by Gasteiger charge is 2.19. The van der Waals surface area contributed by atoms with Crippen molar-refractivity contribution in [3.05, 3.63) is 63.7 Å². The van der Waals surface area contributed by atoms with Crippen LogP contribution < -0.4 is 9.57 Å². The third kappa shape index (κ3) is 5.52. The molecule has 27 heavy (non-hydrogen) atoms. The molecule has 0 aliphatic heterocycles. The Balaban J connectivity index is 2.04. The first-order valence-corrected chi connectivity index (χ1v) is 9.64. The van der Waals surface area contributed by atoms with Gasteiger partial charge in [0, 0.05) is 17.3 Å². The van der Waals surface area contributed by atoms with E-state index in [0.717, 1.165) is 17.4 Å². The first-order valence-electron chi connectivity index (χ1n) is 8.16. The number of nitro groups is 1. The van der Waals surface area contributed by atoms with Crippen LogP contribution in [0.15, 0.2) is 52.5 Å². The molecule has 0 aliphatic rings. The Morgan fingerprint density at radius 2 is 1.89 bits per heavy atom. The van der Waals surface area contributed by atoms with Crippen LogP contribution in [0.5, 0.6) is 5.75 Å². The highest BCUT2D eigenvalue weighted by Crippen LogP contribution is 2.22. The molecule has 0 saturated carbocycles. The Bertz CT molecular complexity index is 953. The lowest BCUT2D eigenvalue weighted by Gasteiger charge is -2.07. The number of nitrogens with one attached hydrogen (secondary N) is 1. The lowest BCUT2D eigenvalue weighted by molar-refractivity contribution is -0.385. The standard InChI is InChI=1S/C18H21N3O5S/c1-13-4-11-17(12-18(13)21(22)23)27(24,25)20-19-14(2)5-6-15-7-9-16(26-3)10-8-15/h4,7-12,20H,5-6H2,1-3H3/b19-14-. The number of rotatable bonds is 8. The van der Waals surface area contributed by atoms with Crippen molar-refractivity contribution in [1.29, 1.82) is 0 Å². The van der Waals surface area contributed by atoms with Gasteiger partial charge in [0.25, 0.3) is 15.7 Å². The third-order valence-electron chi connectivity index (χ3n) is 3.98. The summed E-state index contributed by atoms with van der Waals surface area (Å²) >= 11 is 0. The van der Waals surface area contributed by atoms with Gasteiger partial charge in [-0.2, -0.15) is 13.5 Å². The van der Waals surface area contributed by atoms with Crippen LogP contribution in [-0.4, -0.2) is 26.2 Å². The minimum Gasteiger partial charge on any atom is -0.497 e. The Morgan fingerprint density at radius 1 is 1.22 bits per heavy atom. The fourth-order valence-corrected chi connectivity index (χ4v) is 3.21. The largest absolute Gasteiger partial charge is 0.497 e. The van der Waals surface area contributed by atoms with Gasteiger partial charge in [0.15, 0.2) is 0 Å². The molecule has 0 unspecified atom stereocenters. The number of hydrogen-bond acceptors (Lipinski definition) is 6. The van der Waals surface area contributed by atoms with Gasteiger partial charge in [0.2, 0.25) is 0 Å². The van der Waals surface area contributed by atoms with E-state index in [2.05, 4.69) is 9.93 Å². The molecular formula is C18H21N3O5S. The van der Waals surface area contributed by atoms with Crippen LogP contribution in [0.2, 0.25) is 0 Å². The minimum atomic E-state index is -3.98. The van der Waals surface area contributed by atoms with E-state index in [1.165, 1.54) is 12.1 Å². The molecule has 8 nitrogen and oxygen atoms in total. The molecule has 0 aliphatic carbocycles. The van der Waals surface area contributed by atoms with Crippen molar-refractivity contribution in [3.63, 3.8) is 0 Å². The summed E-state index contributed by atoms with van der Waals surface area (Å²) in [5.41, 5.74) is 1.80. The van der Waals surface area contributed by atoms with Gasteiger partial charge in [0.1, 0.15) is 5.75 Å². The molecule has 0 saturated heterocycles. The summed E-state index contributed by atoms with van der Waals surface area (Å²) in [6, 6.07) is 11.3. The van der Waals surface area contributed by atoms with Crippen molar-refractivity contribution in [2.75, 3.05) is 7.11 Å². The monoisotopic (exact) mass is 391 g/mol. The molecule has 144 valence electrons. The zero-order valence-electron chi connectivity index (χ0n) is 15.3. The van der Waals surface area contributed by atoms with E-state index in [1.54, 1.807) is 21.0 Å². The van der Waals surface area contributed by atoms with Gasteiger partial charge >= 0.3 is 0 Å². The van der Waals surface area contributed by atoms with Crippen molar-refractivity contribution in [2.24, 2.45) is 5.10 Å². The normalized spacial score (nSPS) is 11.9. The fourth-order valence-electron chi connectivity index (χ4n) is 2.32. The molecule has 2 aromatic rings. The molecule has 0 fully saturated rings. The molecule has 0 spiro atoms. The number of benzene rings is 2. The van der Waals surface area contributed by atoms with Crippen LogP contribution in [0.1, 0.15) is 24.5 Å². The molecule has 0 atom stereocenters. The molecule has 0 radical (unpaired) electrons. The summed E-state index contributed by atoms with van der Waals surface area (Å²) in [6.45, 7) is 3.26. The van der Waals surface area contributed by atoms with Gasteiger partial charge in [0.05, 0.1) is 16.9 Å². The Kier molecular flexibility index (Phi) is 6.51. The highest BCUT2D eigenvalue weighted by molar-refractivity contribution is 7.89. The van der Waals surface area contributed by atoms with E-state index in [-0.39, 0.29) is 10.6 Å². The molecule has 0 aromatic heterocycles. The SMILES string of the molecule is COc1ccc(CC/C(C)=N\NS(=O)(=O)c2ccc(C)c([N+](=O)[O-])c2)cc1. The van der Waals surface area contributed by atoms with Crippen LogP contribution in [0, 0.1) is 17.0 Å². The Labute approximate surface area is 158 Å². The first kappa shape index (κ1) is 20.4.